The van der Waals surface area contributed by atoms with Crippen LogP contribution < -0.4 is 5.32 Å². The zero-order valence-corrected chi connectivity index (χ0v) is 12.6. The fourth-order valence-corrected chi connectivity index (χ4v) is 2.47. The van der Waals surface area contributed by atoms with Crippen LogP contribution in [-0.4, -0.2) is 5.91 Å². The molecule has 0 saturated heterocycles. The molecule has 18 heavy (non-hydrogen) atoms. The van der Waals surface area contributed by atoms with Gasteiger partial charge in [0, 0.05) is 15.0 Å². The molecule has 1 heterocycles. The van der Waals surface area contributed by atoms with Crippen molar-refractivity contribution in [3.63, 3.8) is 0 Å². The van der Waals surface area contributed by atoms with E-state index in [4.69, 9.17) is 16.0 Å². The Labute approximate surface area is 124 Å². The van der Waals surface area contributed by atoms with Crippen LogP contribution in [0.4, 0.5) is 5.69 Å². The van der Waals surface area contributed by atoms with Crippen LogP contribution in [0.5, 0.6) is 0 Å². The van der Waals surface area contributed by atoms with Gasteiger partial charge in [0.25, 0.3) is 5.91 Å². The van der Waals surface area contributed by atoms with Crippen LogP contribution in [0.2, 0.25) is 5.02 Å². The first-order chi connectivity index (χ1) is 8.60. The van der Waals surface area contributed by atoms with Crippen molar-refractivity contribution in [1.29, 1.82) is 0 Å². The van der Waals surface area contributed by atoms with Gasteiger partial charge >= 0.3 is 0 Å². The van der Waals surface area contributed by atoms with E-state index in [2.05, 4.69) is 27.9 Å². The lowest BCUT2D eigenvalue weighted by Crippen LogP contribution is -2.11. The zero-order chi connectivity index (χ0) is 13.1. The van der Waals surface area contributed by atoms with Gasteiger partial charge in [-0.3, -0.25) is 4.79 Å². The maximum Gasteiger partial charge on any atom is 0.291 e. The summed E-state index contributed by atoms with van der Waals surface area (Å²) < 4.78 is 6.27. The first kappa shape index (κ1) is 13.4. The number of nitrogens with one attached hydrogen (secondary N) is 1. The van der Waals surface area contributed by atoms with Gasteiger partial charge < -0.3 is 9.73 Å². The Hall–Kier alpha value is -1.01. The summed E-state index contributed by atoms with van der Waals surface area (Å²) in [4.78, 5) is 11.9. The highest BCUT2D eigenvalue weighted by Crippen LogP contribution is 2.23. The molecule has 1 aromatic carbocycles. The van der Waals surface area contributed by atoms with Crippen LogP contribution in [0, 0.1) is 3.57 Å². The maximum atomic E-state index is 11.9. The third-order valence-electron chi connectivity index (χ3n) is 2.41. The Kier molecular flexibility index (Phi) is 4.29. The normalized spacial score (nSPS) is 10.4. The van der Waals surface area contributed by atoms with E-state index in [1.807, 2.05) is 13.0 Å². The molecule has 0 spiro atoms. The number of halogens is 2. The van der Waals surface area contributed by atoms with E-state index < -0.39 is 0 Å². The fourth-order valence-electron chi connectivity index (χ4n) is 1.46. The number of rotatable bonds is 3. The van der Waals surface area contributed by atoms with Crippen molar-refractivity contribution in [2.75, 3.05) is 5.32 Å². The van der Waals surface area contributed by atoms with Crippen molar-refractivity contribution in [3.8, 4) is 0 Å². The van der Waals surface area contributed by atoms with Gasteiger partial charge in [0.15, 0.2) is 5.76 Å². The number of hydrogen-bond acceptors (Lipinski definition) is 2. The number of anilines is 1. The van der Waals surface area contributed by atoms with E-state index in [1.54, 1.807) is 24.3 Å². The van der Waals surface area contributed by atoms with Gasteiger partial charge in [0.05, 0.1) is 5.69 Å². The number of furan rings is 1. The summed E-state index contributed by atoms with van der Waals surface area (Å²) in [5.41, 5.74) is 0.722. The molecule has 2 aromatic rings. The summed E-state index contributed by atoms with van der Waals surface area (Å²) in [7, 11) is 0. The highest BCUT2D eigenvalue weighted by molar-refractivity contribution is 14.1. The molecule has 0 aliphatic heterocycles. The lowest BCUT2D eigenvalue weighted by Gasteiger charge is -2.06. The van der Waals surface area contributed by atoms with E-state index in [1.165, 1.54) is 0 Å². The first-order valence-electron chi connectivity index (χ1n) is 5.45. The minimum absolute atomic E-state index is 0.255. The number of carbonyl (C=O) groups excluding carboxylic acids is 1. The van der Waals surface area contributed by atoms with Crippen molar-refractivity contribution >= 4 is 45.8 Å². The van der Waals surface area contributed by atoms with Crippen LogP contribution in [-0.2, 0) is 6.42 Å². The lowest BCUT2D eigenvalue weighted by molar-refractivity contribution is 0.0995. The molecule has 0 aliphatic carbocycles. The van der Waals surface area contributed by atoms with Gasteiger partial charge in [0.2, 0.25) is 0 Å². The Morgan fingerprint density at radius 3 is 2.78 bits per heavy atom. The Morgan fingerprint density at radius 1 is 1.39 bits per heavy atom. The Bertz CT molecular complexity index is 580. The van der Waals surface area contributed by atoms with Crippen LogP contribution in [0.3, 0.4) is 0 Å². The highest BCUT2D eigenvalue weighted by Gasteiger charge is 2.12. The van der Waals surface area contributed by atoms with E-state index in [-0.39, 0.29) is 5.91 Å². The molecule has 0 aliphatic rings. The Morgan fingerprint density at radius 2 is 2.17 bits per heavy atom. The predicted octanol–water partition coefficient (Wildman–Crippen LogP) is 4.35. The number of aryl methyl sites for hydroxylation is 1. The molecule has 94 valence electrons. The van der Waals surface area contributed by atoms with Crippen molar-refractivity contribution in [1.82, 2.24) is 0 Å². The van der Waals surface area contributed by atoms with Gasteiger partial charge in [-0.05, 0) is 52.9 Å². The van der Waals surface area contributed by atoms with E-state index >= 15 is 0 Å². The summed E-state index contributed by atoms with van der Waals surface area (Å²) in [6, 6.07) is 8.78. The maximum absolute atomic E-state index is 11.9. The largest absolute Gasteiger partial charge is 0.456 e. The summed E-state index contributed by atoms with van der Waals surface area (Å²) in [5, 5.41) is 3.43. The highest BCUT2D eigenvalue weighted by atomic mass is 127. The molecule has 0 unspecified atom stereocenters. The van der Waals surface area contributed by atoms with Crippen LogP contribution in [0.25, 0.3) is 0 Å². The van der Waals surface area contributed by atoms with Crippen molar-refractivity contribution in [2.24, 2.45) is 0 Å². The molecule has 0 bridgehead atoms. The van der Waals surface area contributed by atoms with Gasteiger partial charge in [0.1, 0.15) is 5.76 Å². The van der Waals surface area contributed by atoms with Gasteiger partial charge in [-0.2, -0.15) is 0 Å². The summed E-state index contributed by atoms with van der Waals surface area (Å²) in [5.74, 6) is 0.860. The number of amides is 1. The van der Waals surface area contributed by atoms with Crippen LogP contribution in [0.15, 0.2) is 34.7 Å². The molecule has 0 atom stereocenters. The van der Waals surface area contributed by atoms with E-state index in [0.29, 0.717) is 10.8 Å². The van der Waals surface area contributed by atoms with E-state index in [0.717, 1.165) is 21.4 Å². The quantitative estimate of drug-likeness (QED) is 0.810. The molecular weight excluding hydrogens is 365 g/mol. The minimum Gasteiger partial charge on any atom is -0.456 e. The monoisotopic (exact) mass is 375 g/mol. The molecule has 3 nitrogen and oxygen atoms in total. The summed E-state index contributed by atoms with van der Waals surface area (Å²) in [6.45, 7) is 1.97. The summed E-state index contributed by atoms with van der Waals surface area (Å²) in [6.07, 6.45) is 0.770. The van der Waals surface area contributed by atoms with Gasteiger partial charge in [-0.1, -0.05) is 18.5 Å². The minimum atomic E-state index is -0.255. The molecule has 1 N–H and O–H groups in total. The zero-order valence-electron chi connectivity index (χ0n) is 9.67. The average Bonchev–Trinajstić information content (AvgIpc) is 2.81. The Balaban J connectivity index is 2.16. The second-order valence-electron chi connectivity index (χ2n) is 3.70. The van der Waals surface area contributed by atoms with Crippen LogP contribution in [0.1, 0.15) is 23.2 Å². The van der Waals surface area contributed by atoms with E-state index in [9.17, 15) is 4.79 Å². The average molecular weight is 376 g/mol. The van der Waals surface area contributed by atoms with Crippen LogP contribution >= 0.6 is 34.2 Å². The third kappa shape index (κ3) is 3.05. The second-order valence-corrected chi connectivity index (χ2v) is 5.30. The molecule has 2 rings (SSSR count). The predicted molar refractivity (Wildman–Crippen MR) is 80.2 cm³/mol. The second kappa shape index (κ2) is 5.75. The standard InChI is InChI=1S/C13H11ClINO2/c1-2-9-4-6-12(18-9)13(17)16-11-5-3-8(14)7-10(11)15/h3-7H,2H2,1H3,(H,16,17). The third-order valence-corrected chi connectivity index (χ3v) is 3.54. The first-order valence-corrected chi connectivity index (χ1v) is 6.91. The van der Waals surface area contributed by atoms with Gasteiger partial charge in [-0.25, -0.2) is 0 Å². The molecule has 0 saturated carbocycles. The molecule has 0 radical (unpaired) electrons. The lowest BCUT2D eigenvalue weighted by atomic mass is 10.3. The summed E-state index contributed by atoms with van der Waals surface area (Å²) >= 11 is 7.98. The fraction of sp³-hybridized carbons (Fsp3) is 0.154. The molecule has 1 aromatic heterocycles. The number of hydrogen-bond donors (Lipinski definition) is 1. The molecule has 5 heteroatoms. The molecular formula is C13H11ClINO2. The van der Waals surface area contributed by atoms with Gasteiger partial charge in [-0.15, -0.1) is 0 Å². The number of carbonyl (C=O) groups is 1. The SMILES string of the molecule is CCc1ccc(C(=O)Nc2ccc(Cl)cc2I)o1. The van der Waals surface area contributed by atoms with Crippen molar-refractivity contribution in [3.05, 3.63) is 50.4 Å². The molecule has 1 amide bonds. The smallest absolute Gasteiger partial charge is 0.291 e. The topological polar surface area (TPSA) is 42.2 Å². The number of benzene rings is 1. The molecule has 0 fully saturated rings. The van der Waals surface area contributed by atoms with Crippen molar-refractivity contribution in [2.45, 2.75) is 13.3 Å². The van der Waals surface area contributed by atoms with Crippen molar-refractivity contribution < 1.29 is 9.21 Å².